The van der Waals surface area contributed by atoms with E-state index in [1.54, 1.807) is 12.4 Å². The molecular formula is C13H18N2O2. The summed E-state index contributed by atoms with van der Waals surface area (Å²) in [6, 6.07) is 3.88. The van der Waals surface area contributed by atoms with Gasteiger partial charge in [0.15, 0.2) is 0 Å². The minimum absolute atomic E-state index is 0.166. The van der Waals surface area contributed by atoms with Crippen molar-refractivity contribution in [3.63, 3.8) is 0 Å². The molecule has 4 nitrogen and oxygen atoms in total. The monoisotopic (exact) mass is 234 g/mol. The minimum atomic E-state index is -0.559. The summed E-state index contributed by atoms with van der Waals surface area (Å²) in [5, 5.41) is 0. The number of nitrogens with zero attached hydrogens (tertiary/aromatic N) is 2. The first-order valence-corrected chi connectivity index (χ1v) is 5.94. The molecule has 1 atom stereocenters. The van der Waals surface area contributed by atoms with Crippen molar-refractivity contribution in [2.24, 2.45) is 0 Å². The first-order valence-electron chi connectivity index (χ1n) is 5.94. The molecule has 1 saturated heterocycles. The van der Waals surface area contributed by atoms with Crippen molar-refractivity contribution >= 4 is 11.7 Å². The van der Waals surface area contributed by atoms with Crippen LogP contribution in [0.25, 0.3) is 0 Å². The van der Waals surface area contributed by atoms with Crippen LogP contribution in [0.3, 0.4) is 0 Å². The van der Waals surface area contributed by atoms with E-state index in [9.17, 15) is 4.79 Å². The van der Waals surface area contributed by atoms with Crippen molar-refractivity contribution in [1.82, 2.24) is 4.98 Å². The number of rotatable bonds is 2. The number of aromatic nitrogens is 1. The van der Waals surface area contributed by atoms with Crippen molar-refractivity contribution in [3.05, 3.63) is 24.5 Å². The van der Waals surface area contributed by atoms with E-state index < -0.39 is 5.54 Å². The average molecular weight is 234 g/mol. The summed E-state index contributed by atoms with van der Waals surface area (Å²) in [4.78, 5) is 18.2. The zero-order valence-electron chi connectivity index (χ0n) is 10.3. The van der Waals surface area contributed by atoms with Crippen LogP contribution in [0, 0.1) is 0 Å². The van der Waals surface area contributed by atoms with E-state index in [0.29, 0.717) is 0 Å². The van der Waals surface area contributed by atoms with Crippen LogP contribution in [0.4, 0.5) is 5.69 Å². The molecule has 4 heteroatoms. The van der Waals surface area contributed by atoms with Gasteiger partial charge in [-0.05, 0) is 38.3 Å². The van der Waals surface area contributed by atoms with Crippen LogP contribution in [0.15, 0.2) is 24.5 Å². The Balaban J connectivity index is 2.33. The fourth-order valence-corrected chi connectivity index (χ4v) is 2.48. The number of hydrogen-bond acceptors (Lipinski definition) is 4. The highest BCUT2D eigenvalue weighted by atomic mass is 16.5. The molecule has 92 valence electrons. The van der Waals surface area contributed by atoms with Gasteiger partial charge in [-0.2, -0.15) is 0 Å². The van der Waals surface area contributed by atoms with Crippen LogP contribution in [-0.4, -0.2) is 30.1 Å². The van der Waals surface area contributed by atoms with Gasteiger partial charge in [0.2, 0.25) is 0 Å². The topological polar surface area (TPSA) is 42.4 Å². The molecule has 0 bridgehead atoms. The standard InChI is InChI=1S/C13H18N2O2/c1-13(12(16)17-2)7-3-4-9-15(13)11-6-5-8-14-10-11/h5-6,8,10H,3-4,7,9H2,1-2H3. The van der Waals surface area contributed by atoms with E-state index in [0.717, 1.165) is 31.5 Å². The second-order valence-corrected chi connectivity index (χ2v) is 4.59. The molecule has 0 aromatic carbocycles. The second kappa shape index (κ2) is 4.73. The number of carbonyl (C=O) groups is 1. The van der Waals surface area contributed by atoms with E-state index >= 15 is 0 Å². The maximum Gasteiger partial charge on any atom is 0.331 e. The lowest BCUT2D eigenvalue weighted by molar-refractivity contribution is -0.147. The number of ether oxygens (including phenoxy) is 1. The molecule has 1 fully saturated rings. The Morgan fingerprint density at radius 3 is 3.00 bits per heavy atom. The Morgan fingerprint density at radius 1 is 1.53 bits per heavy atom. The Kier molecular flexibility index (Phi) is 3.31. The van der Waals surface area contributed by atoms with Crippen LogP contribution in [-0.2, 0) is 9.53 Å². The normalized spacial score (nSPS) is 24.5. The highest BCUT2D eigenvalue weighted by Gasteiger charge is 2.42. The third-order valence-corrected chi connectivity index (χ3v) is 3.47. The van der Waals surface area contributed by atoms with E-state index in [2.05, 4.69) is 9.88 Å². The van der Waals surface area contributed by atoms with Crippen LogP contribution < -0.4 is 4.90 Å². The van der Waals surface area contributed by atoms with Gasteiger partial charge in [0.05, 0.1) is 19.0 Å². The second-order valence-electron chi connectivity index (χ2n) is 4.59. The van der Waals surface area contributed by atoms with Gasteiger partial charge in [0, 0.05) is 12.7 Å². The highest BCUT2D eigenvalue weighted by molar-refractivity contribution is 5.85. The van der Waals surface area contributed by atoms with E-state index in [-0.39, 0.29) is 5.97 Å². The molecule has 1 aromatic heterocycles. The summed E-state index contributed by atoms with van der Waals surface area (Å²) in [7, 11) is 1.45. The van der Waals surface area contributed by atoms with E-state index in [4.69, 9.17) is 4.74 Å². The molecule has 2 rings (SSSR count). The molecule has 0 amide bonds. The number of piperidine rings is 1. The fraction of sp³-hybridized carbons (Fsp3) is 0.538. The number of esters is 1. The average Bonchev–Trinajstić information content (AvgIpc) is 2.39. The van der Waals surface area contributed by atoms with Gasteiger partial charge >= 0.3 is 5.97 Å². The molecule has 17 heavy (non-hydrogen) atoms. The van der Waals surface area contributed by atoms with Gasteiger partial charge in [0.25, 0.3) is 0 Å². The lowest BCUT2D eigenvalue weighted by Crippen LogP contribution is -2.56. The lowest BCUT2D eigenvalue weighted by Gasteiger charge is -2.43. The van der Waals surface area contributed by atoms with Gasteiger partial charge in [0.1, 0.15) is 5.54 Å². The first kappa shape index (κ1) is 11.9. The van der Waals surface area contributed by atoms with Crippen molar-refractivity contribution in [1.29, 1.82) is 0 Å². The maximum absolute atomic E-state index is 12.0. The van der Waals surface area contributed by atoms with Gasteiger partial charge in [-0.1, -0.05) is 0 Å². The Morgan fingerprint density at radius 2 is 2.35 bits per heavy atom. The molecule has 1 unspecified atom stereocenters. The molecule has 1 aliphatic rings. The number of anilines is 1. The third-order valence-electron chi connectivity index (χ3n) is 3.47. The van der Waals surface area contributed by atoms with Crippen LogP contribution in [0.1, 0.15) is 26.2 Å². The minimum Gasteiger partial charge on any atom is -0.467 e. The third kappa shape index (κ3) is 2.12. The fourth-order valence-electron chi connectivity index (χ4n) is 2.48. The van der Waals surface area contributed by atoms with Crippen molar-refractivity contribution in [3.8, 4) is 0 Å². The van der Waals surface area contributed by atoms with Crippen molar-refractivity contribution < 1.29 is 9.53 Å². The van der Waals surface area contributed by atoms with Crippen LogP contribution in [0.2, 0.25) is 0 Å². The highest BCUT2D eigenvalue weighted by Crippen LogP contribution is 2.33. The van der Waals surface area contributed by atoms with E-state index in [1.807, 2.05) is 19.1 Å². The van der Waals surface area contributed by atoms with Gasteiger partial charge in [-0.25, -0.2) is 4.79 Å². The Bertz CT molecular complexity index is 394. The number of pyridine rings is 1. The van der Waals surface area contributed by atoms with Crippen LogP contribution >= 0.6 is 0 Å². The van der Waals surface area contributed by atoms with E-state index in [1.165, 1.54) is 7.11 Å². The Labute approximate surface area is 102 Å². The van der Waals surface area contributed by atoms with Crippen molar-refractivity contribution in [2.45, 2.75) is 31.7 Å². The molecule has 0 saturated carbocycles. The van der Waals surface area contributed by atoms with Crippen LogP contribution in [0.5, 0.6) is 0 Å². The Hall–Kier alpha value is -1.58. The molecule has 0 N–H and O–H groups in total. The molecule has 0 radical (unpaired) electrons. The molecule has 1 aromatic rings. The zero-order valence-corrected chi connectivity index (χ0v) is 10.3. The summed E-state index contributed by atoms with van der Waals surface area (Å²) in [6.45, 7) is 2.82. The van der Waals surface area contributed by atoms with Crippen molar-refractivity contribution in [2.75, 3.05) is 18.6 Å². The summed E-state index contributed by atoms with van der Waals surface area (Å²) in [5.74, 6) is -0.166. The molecule has 0 spiro atoms. The molecule has 2 heterocycles. The smallest absolute Gasteiger partial charge is 0.331 e. The van der Waals surface area contributed by atoms with Gasteiger partial charge < -0.3 is 9.64 Å². The molecular weight excluding hydrogens is 216 g/mol. The summed E-state index contributed by atoms with van der Waals surface area (Å²) >= 11 is 0. The number of carbonyl (C=O) groups excluding carboxylic acids is 1. The van der Waals surface area contributed by atoms with Gasteiger partial charge in [-0.15, -0.1) is 0 Å². The quantitative estimate of drug-likeness (QED) is 0.734. The number of hydrogen-bond donors (Lipinski definition) is 0. The number of methoxy groups -OCH3 is 1. The first-order chi connectivity index (χ1) is 8.18. The largest absolute Gasteiger partial charge is 0.467 e. The summed E-state index contributed by atoms with van der Waals surface area (Å²) < 4.78 is 4.94. The SMILES string of the molecule is COC(=O)C1(C)CCCCN1c1cccnc1. The molecule has 1 aliphatic heterocycles. The predicted octanol–water partition coefficient (Wildman–Crippen LogP) is 2.00. The molecule has 0 aliphatic carbocycles. The van der Waals surface area contributed by atoms with Gasteiger partial charge in [-0.3, -0.25) is 4.98 Å². The maximum atomic E-state index is 12.0. The lowest BCUT2D eigenvalue weighted by atomic mass is 9.88. The summed E-state index contributed by atoms with van der Waals surface area (Å²) in [5.41, 5.74) is 0.427. The summed E-state index contributed by atoms with van der Waals surface area (Å²) in [6.07, 6.45) is 6.52. The zero-order chi connectivity index (χ0) is 12.3. The predicted molar refractivity (Wildman–Crippen MR) is 65.9 cm³/mol.